The van der Waals surface area contributed by atoms with Crippen LogP contribution >= 0.6 is 0 Å². The van der Waals surface area contributed by atoms with Crippen molar-refractivity contribution in [3.05, 3.63) is 63.7 Å². The van der Waals surface area contributed by atoms with Gasteiger partial charge >= 0.3 is 0 Å². The lowest BCUT2D eigenvalue weighted by Gasteiger charge is -2.15. The topological polar surface area (TPSA) is 81.5 Å². The molecule has 0 radical (unpaired) electrons. The maximum atomic E-state index is 12.2. The number of rotatable bonds is 7. The van der Waals surface area contributed by atoms with Crippen LogP contribution in [0, 0.1) is 17.0 Å². The number of carbonyl (C=O) groups is 1. The number of nitro groups is 1. The van der Waals surface area contributed by atoms with Crippen molar-refractivity contribution in [2.75, 3.05) is 11.9 Å². The molecule has 6 nitrogen and oxygen atoms in total. The molecule has 0 spiro atoms. The highest BCUT2D eigenvalue weighted by atomic mass is 16.6. The number of hydrogen-bond acceptors (Lipinski definition) is 4. The summed E-state index contributed by atoms with van der Waals surface area (Å²) < 4.78 is 5.67. The van der Waals surface area contributed by atoms with Gasteiger partial charge in [-0.25, -0.2) is 0 Å². The zero-order valence-corrected chi connectivity index (χ0v) is 14.6. The minimum Gasteiger partial charge on any atom is -0.483 e. The van der Waals surface area contributed by atoms with E-state index in [1.807, 2.05) is 24.3 Å². The summed E-state index contributed by atoms with van der Waals surface area (Å²) in [6.07, 6.45) is 0.972. The number of carbonyl (C=O) groups excluding carboxylic acids is 1. The summed E-state index contributed by atoms with van der Waals surface area (Å²) in [4.78, 5) is 22.7. The molecule has 6 heteroatoms. The standard InChI is InChI=1S/C19H22N2O4/c1-4-13(2)15-8-5-6-11-18(15)25-12-19(22)20-16-9-7-10-17(14(16)3)21(23)24/h5-11,13H,4,12H2,1-3H3,(H,20,22)/t13-/m1/s1. The van der Waals surface area contributed by atoms with E-state index in [1.54, 1.807) is 19.1 Å². The molecule has 0 saturated heterocycles. The number of ether oxygens (including phenoxy) is 1. The lowest BCUT2D eigenvalue weighted by Crippen LogP contribution is -2.21. The van der Waals surface area contributed by atoms with Crippen molar-refractivity contribution in [1.82, 2.24) is 0 Å². The fraction of sp³-hybridized carbons (Fsp3) is 0.316. The number of nitrogens with one attached hydrogen (secondary N) is 1. The number of nitro benzene ring substituents is 1. The van der Waals surface area contributed by atoms with Gasteiger partial charge in [0.05, 0.1) is 16.2 Å². The first kappa shape index (κ1) is 18.4. The number of para-hydroxylation sites is 1. The van der Waals surface area contributed by atoms with E-state index in [9.17, 15) is 14.9 Å². The van der Waals surface area contributed by atoms with Gasteiger partial charge in [0, 0.05) is 6.07 Å². The van der Waals surface area contributed by atoms with Crippen LogP contribution in [0.3, 0.4) is 0 Å². The van der Waals surface area contributed by atoms with Crippen molar-refractivity contribution in [2.45, 2.75) is 33.1 Å². The highest BCUT2D eigenvalue weighted by Crippen LogP contribution is 2.28. The van der Waals surface area contributed by atoms with Crippen LogP contribution in [0.1, 0.15) is 37.3 Å². The van der Waals surface area contributed by atoms with Gasteiger partial charge in [0.25, 0.3) is 11.6 Å². The Bertz CT molecular complexity index is 774. The highest BCUT2D eigenvalue weighted by Gasteiger charge is 2.16. The van der Waals surface area contributed by atoms with Gasteiger partial charge in [-0.15, -0.1) is 0 Å². The number of amides is 1. The van der Waals surface area contributed by atoms with Crippen LogP contribution in [0.15, 0.2) is 42.5 Å². The molecule has 2 rings (SSSR count). The Morgan fingerprint density at radius 1 is 1.24 bits per heavy atom. The Morgan fingerprint density at radius 2 is 1.96 bits per heavy atom. The lowest BCUT2D eigenvalue weighted by atomic mass is 9.98. The van der Waals surface area contributed by atoms with E-state index < -0.39 is 4.92 Å². The number of nitrogens with zero attached hydrogens (tertiary/aromatic N) is 1. The molecule has 2 aromatic rings. The molecule has 0 saturated carbocycles. The van der Waals surface area contributed by atoms with Crippen molar-refractivity contribution >= 4 is 17.3 Å². The molecule has 0 aromatic heterocycles. The van der Waals surface area contributed by atoms with Crippen LogP contribution in [0.25, 0.3) is 0 Å². The molecule has 1 amide bonds. The van der Waals surface area contributed by atoms with Crippen molar-refractivity contribution < 1.29 is 14.5 Å². The molecule has 0 fully saturated rings. The van der Waals surface area contributed by atoms with Crippen molar-refractivity contribution in [3.8, 4) is 5.75 Å². The van der Waals surface area contributed by atoms with Crippen LogP contribution in [-0.2, 0) is 4.79 Å². The molecule has 0 unspecified atom stereocenters. The van der Waals surface area contributed by atoms with Crippen molar-refractivity contribution in [1.29, 1.82) is 0 Å². The van der Waals surface area contributed by atoms with E-state index in [4.69, 9.17) is 4.74 Å². The summed E-state index contributed by atoms with van der Waals surface area (Å²) in [5.41, 5.74) is 1.86. The van der Waals surface area contributed by atoms with Crippen LogP contribution in [0.5, 0.6) is 5.75 Å². The third-order valence-corrected chi connectivity index (χ3v) is 4.20. The lowest BCUT2D eigenvalue weighted by molar-refractivity contribution is -0.385. The number of benzene rings is 2. The van der Waals surface area contributed by atoms with Gasteiger partial charge in [0.15, 0.2) is 6.61 Å². The summed E-state index contributed by atoms with van der Waals surface area (Å²) >= 11 is 0. The molecule has 0 aliphatic rings. The van der Waals surface area contributed by atoms with E-state index >= 15 is 0 Å². The van der Waals surface area contributed by atoms with E-state index in [2.05, 4.69) is 19.2 Å². The minimum atomic E-state index is -0.468. The molecule has 1 N–H and O–H groups in total. The number of anilines is 1. The van der Waals surface area contributed by atoms with Crippen LogP contribution in [-0.4, -0.2) is 17.4 Å². The second-order valence-corrected chi connectivity index (χ2v) is 5.89. The van der Waals surface area contributed by atoms with Gasteiger partial charge in [-0.05, 0) is 37.0 Å². The summed E-state index contributed by atoms with van der Waals surface area (Å²) in [6.45, 7) is 5.65. The molecule has 1 atom stereocenters. The molecule has 132 valence electrons. The smallest absolute Gasteiger partial charge is 0.274 e. The molecule has 0 aliphatic carbocycles. The van der Waals surface area contributed by atoms with Crippen LogP contribution < -0.4 is 10.1 Å². The van der Waals surface area contributed by atoms with Gasteiger partial charge in [-0.2, -0.15) is 0 Å². The maximum Gasteiger partial charge on any atom is 0.274 e. The maximum absolute atomic E-state index is 12.2. The predicted molar refractivity (Wildman–Crippen MR) is 97.1 cm³/mol. The van der Waals surface area contributed by atoms with Crippen molar-refractivity contribution in [2.24, 2.45) is 0 Å². The third kappa shape index (κ3) is 4.56. The molecular formula is C19H22N2O4. The summed E-state index contributed by atoms with van der Waals surface area (Å²) in [5, 5.41) is 13.6. The van der Waals surface area contributed by atoms with Gasteiger partial charge < -0.3 is 10.1 Å². The molecule has 2 aromatic carbocycles. The summed E-state index contributed by atoms with van der Waals surface area (Å²) in [7, 11) is 0. The third-order valence-electron chi connectivity index (χ3n) is 4.20. The highest BCUT2D eigenvalue weighted by molar-refractivity contribution is 5.93. The first-order valence-corrected chi connectivity index (χ1v) is 8.19. The predicted octanol–water partition coefficient (Wildman–Crippen LogP) is 4.43. The first-order chi connectivity index (χ1) is 11.9. The molecular weight excluding hydrogens is 320 g/mol. The average Bonchev–Trinajstić information content (AvgIpc) is 2.61. The Balaban J connectivity index is 2.05. The molecule has 0 aliphatic heterocycles. The van der Waals surface area contributed by atoms with E-state index in [1.165, 1.54) is 6.07 Å². The van der Waals surface area contributed by atoms with Crippen molar-refractivity contribution in [3.63, 3.8) is 0 Å². The fourth-order valence-corrected chi connectivity index (χ4v) is 2.53. The molecule has 0 bridgehead atoms. The largest absolute Gasteiger partial charge is 0.483 e. The fourth-order valence-electron chi connectivity index (χ4n) is 2.53. The number of hydrogen-bond donors (Lipinski definition) is 1. The van der Waals surface area contributed by atoms with E-state index in [0.29, 0.717) is 22.9 Å². The van der Waals surface area contributed by atoms with Crippen LogP contribution in [0.4, 0.5) is 11.4 Å². The molecule has 0 heterocycles. The van der Waals surface area contributed by atoms with Gasteiger partial charge in [0.2, 0.25) is 0 Å². The van der Waals surface area contributed by atoms with E-state index in [-0.39, 0.29) is 18.2 Å². The quantitative estimate of drug-likeness (QED) is 0.596. The Kier molecular flexibility index (Phi) is 6.11. The summed E-state index contributed by atoms with van der Waals surface area (Å²) in [5.74, 6) is 0.656. The normalized spacial score (nSPS) is 11.6. The second-order valence-electron chi connectivity index (χ2n) is 5.89. The van der Waals surface area contributed by atoms with E-state index in [0.717, 1.165) is 12.0 Å². The average molecular weight is 342 g/mol. The molecule has 25 heavy (non-hydrogen) atoms. The van der Waals surface area contributed by atoms with Crippen LogP contribution in [0.2, 0.25) is 0 Å². The SMILES string of the molecule is CC[C@@H](C)c1ccccc1OCC(=O)Nc1cccc([N+](=O)[O-])c1C. The minimum absolute atomic E-state index is 0.0270. The van der Waals surface area contributed by atoms with Gasteiger partial charge in [-0.1, -0.05) is 38.1 Å². The van der Waals surface area contributed by atoms with Gasteiger partial charge in [-0.3, -0.25) is 14.9 Å². The second kappa shape index (κ2) is 8.28. The zero-order chi connectivity index (χ0) is 18.4. The first-order valence-electron chi connectivity index (χ1n) is 8.19. The Morgan fingerprint density at radius 3 is 2.64 bits per heavy atom. The Hall–Kier alpha value is -2.89. The zero-order valence-electron chi connectivity index (χ0n) is 14.6. The summed E-state index contributed by atoms with van der Waals surface area (Å²) in [6, 6.07) is 12.2. The van der Waals surface area contributed by atoms with Gasteiger partial charge in [0.1, 0.15) is 5.75 Å². The Labute approximate surface area is 147 Å². The monoisotopic (exact) mass is 342 g/mol.